The number of anilines is 15. The Kier molecular flexibility index (Phi) is 16.2. The number of rotatable bonds is 13. The van der Waals surface area contributed by atoms with Crippen LogP contribution in [0.4, 0.5) is 85.3 Å². The van der Waals surface area contributed by atoms with Crippen molar-refractivity contribution in [3.05, 3.63) is 361 Å². The van der Waals surface area contributed by atoms with Crippen LogP contribution in [0.25, 0.3) is 66.1 Å². The normalized spacial score (nSPS) is 12.6. The molecular weight excluding hydrogens is 1340 g/mol. The molecule has 15 aromatic carbocycles. The van der Waals surface area contributed by atoms with Crippen molar-refractivity contribution in [2.24, 2.45) is 0 Å². The van der Waals surface area contributed by atoms with E-state index >= 15 is 0 Å². The van der Waals surface area contributed by atoms with Crippen molar-refractivity contribution in [2.45, 2.75) is 80.1 Å². The molecule has 4 heterocycles. The van der Waals surface area contributed by atoms with Crippen LogP contribution in [0, 0.1) is 27.7 Å². The molecule has 110 heavy (non-hydrogen) atoms. The molecule has 0 spiro atoms. The molecule has 7 nitrogen and oxygen atoms in total. The summed E-state index contributed by atoms with van der Waals surface area (Å²) in [5.74, 6) is 1.71. The minimum Gasteiger partial charge on any atom is -0.456 e. The summed E-state index contributed by atoms with van der Waals surface area (Å²) in [6, 6.07) is 121. The Morgan fingerprint density at radius 1 is 0.264 bits per heavy atom. The lowest BCUT2D eigenvalue weighted by Gasteiger charge is -2.46. The first-order valence-corrected chi connectivity index (χ1v) is 38.4. The van der Waals surface area contributed by atoms with Crippen molar-refractivity contribution in [3.63, 3.8) is 0 Å². The molecule has 0 N–H and O–H groups in total. The minimum atomic E-state index is -0.243. The van der Waals surface area contributed by atoms with E-state index in [1.807, 2.05) is 24.3 Å². The van der Waals surface area contributed by atoms with Crippen LogP contribution in [-0.2, 0) is 10.8 Å². The molecule has 0 fully saturated rings. The third kappa shape index (κ3) is 11.8. The van der Waals surface area contributed by atoms with Crippen LogP contribution in [0.15, 0.2) is 336 Å². The smallest absolute Gasteiger partial charge is 0.252 e. The number of hydrogen-bond donors (Lipinski definition) is 0. The number of fused-ring (bicyclic) bond motifs is 8. The number of hydrogen-bond acceptors (Lipinski definition) is 7. The fraction of sp³-hybridized carbons (Fsp3) is 0.118. The van der Waals surface area contributed by atoms with Gasteiger partial charge in [0, 0.05) is 90.1 Å². The second kappa shape index (κ2) is 26.4. The molecule has 0 aliphatic carbocycles. The Bertz CT molecular complexity index is 5970. The maximum absolute atomic E-state index is 6.43. The van der Waals surface area contributed by atoms with Crippen molar-refractivity contribution in [2.75, 3.05) is 24.5 Å². The molecular formula is C102H84BN5O2. The highest BCUT2D eigenvalue weighted by molar-refractivity contribution is 7.00. The van der Waals surface area contributed by atoms with E-state index < -0.39 is 0 Å². The van der Waals surface area contributed by atoms with Gasteiger partial charge in [0.2, 0.25) is 0 Å². The van der Waals surface area contributed by atoms with Gasteiger partial charge in [-0.15, -0.1) is 0 Å². The van der Waals surface area contributed by atoms with Gasteiger partial charge in [0.15, 0.2) is 0 Å². The first kappa shape index (κ1) is 67.6. The summed E-state index contributed by atoms with van der Waals surface area (Å²) in [7, 11) is 0. The molecule has 0 saturated carbocycles. The molecule has 2 aliphatic rings. The summed E-state index contributed by atoms with van der Waals surface area (Å²) in [4.78, 5) is 12.6. The van der Waals surface area contributed by atoms with Crippen LogP contribution in [0.3, 0.4) is 0 Å². The Morgan fingerprint density at radius 3 is 0.991 bits per heavy atom. The van der Waals surface area contributed by atoms with Crippen molar-refractivity contribution < 1.29 is 8.83 Å². The molecule has 2 aromatic heterocycles. The van der Waals surface area contributed by atoms with Gasteiger partial charge in [0.25, 0.3) is 6.71 Å². The molecule has 0 amide bonds. The maximum Gasteiger partial charge on any atom is 0.252 e. The second-order valence-corrected chi connectivity index (χ2v) is 32.0. The molecule has 0 unspecified atom stereocenters. The molecule has 532 valence electrons. The molecule has 17 aromatic rings. The van der Waals surface area contributed by atoms with E-state index in [9.17, 15) is 0 Å². The Morgan fingerprint density at radius 2 is 0.591 bits per heavy atom. The Hall–Kier alpha value is -13.0. The van der Waals surface area contributed by atoms with Crippen LogP contribution in [0.1, 0.15) is 74.9 Å². The van der Waals surface area contributed by atoms with E-state index in [1.54, 1.807) is 0 Å². The maximum atomic E-state index is 6.43. The summed E-state index contributed by atoms with van der Waals surface area (Å²) < 4.78 is 12.9. The molecule has 0 bridgehead atoms. The highest BCUT2D eigenvalue weighted by Gasteiger charge is 2.46. The van der Waals surface area contributed by atoms with E-state index in [4.69, 9.17) is 8.83 Å². The predicted octanol–water partition coefficient (Wildman–Crippen LogP) is 27.1. The average molecular weight is 1420 g/mol. The summed E-state index contributed by atoms with van der Waals surface area (Å²) in [6.07, 6.45) is 0. The van der Waals surface area contributed by atoms with E-state index in [1.165, 1.54) is 49.8 Å². The van der Waals surface area contributed by atoms with Gasteiger partial charge in [-0.1, -0.05) is 224 Å². The lowest BCUT2D eigenvalue weighted by Crippen LogP contribution is -2.61. The SMILES string of the molecule is Cc1cccc(C)c1N1c2cc(N(c3ccccc3)c3ccc4cc(-c5cc6ccccc6o5)ccc4c3)ccc2B2c3ccc(N(c4ccccc4)c4ccc5cc(-c6cc7ccccc7o6)ccc5c4)cc3N(c3c(C)cccc3C)c3cc(N(c4ccc(C(C)(C)C)cc4)c4ccc(C(C)(C)C)cc4)cc1c32. The zero-order valence-corrected chi connectivity index (χ0v) is 63.8. The third-order valence-electron chi connectivity index (χ3n) is 22.7. The molecule has 8 heteroatoms. The monoisotopic (exact) mass is 1420 g/mol. The van der Waals surface area contributed by atoms with Gasteiger partial charge in [-0.2, -0.15) is 0 Å². The topological polar surface area (TPSA) is 42.5 Å². The number of aryl methyl sites for hydroxylation is 4. The largest absolute Gasteiger partial charge is 0.456 e. The number of para-hydroxylation sites is 6. The first-order chi connectivity index (χ1) is 53.4. The predicted molar refractivity (Wildman–Crippen MR) is 466 cm³/mol. The molecule has 0 radical (unpaired) electrons. The van der Waals surface area contributed by atoms with Crippen molar-refractivity contribution in [1.82, 2.24) is 0 Å². The summed E-state index contributed by atoms with van der Waals surface area (Å²) in [6.45, 7) is 22.7. The number of benzene rings is 15. The molecule has 2 aliphatic heterocycles. The van der Waals surface area contributed by atoms with Gasteiger partial charge in [0.05, 0.1) is 17.1 Å². The van der Waals surface area contributed by atoms with Crippen LogP contribution < -0.4 is 40.9 Å². The minimum absolute atomic E-state index is 0.0597. The van der Waals surface area contributed by atoms with Crippen LogP contribution >= 0.6 is 0 Å². The van der Waals surface area contributed by atoms with E-state index in [2.05, 4.69) is 397 Å². The molecule has 0 saturated heterocycles. The fourth-order valence-electron chi connectivity index (χ4n) is 17.2. The molecule has 19 rings (SSSR count). The average Bonchev–Trinajstić information content (AvgIpc) is 0.787. The van der Waals surface area contributed by atoms with Gasteiger partial charge in [-0.25, -0.2) is 0 Å². The zero-order valence-electron chi connectivity index (χ0n) is 63.8. The van der Waals surface area contributed by atoms with Crippen LogP contribution in [0.2, 0.25) is 0 Å². The van der Waals surface area contributed by atoms with E-state index in [0.717, 1.165) is 151 Å². The Balaban J connectivity index is 0.862. The fourth-order valence-corrected chi connectivity index (χ4v) is 17.2. The second-order valence-electron chi connectivity index (χ2n) is 32.0. The van der Waals surface area contributed by atoms with Crippen molar-refractivity contribution in [1.29, 1.82) is 0 Å². The van der Waals surface area contributed by atoms with Gasteiger partial charge < -0.3 is 33.3 Å². The number of furan rings is 2. The third-order valence-corrected chi connectivity index (χ3v) is 22.7. The summed E-state index contributed by atoms with van der Waals surface area (Å²) in [5, 5.41) is 6.70. The summed E-state index contributed by atoms with van der Waals surface area (Å²) >= 11 is 0. The first-order valence-electron chi connectivity index (χ1n) is 38.4. The van der Waals surface area contributed by atoms with E-state index in [-0.39, 0.29) is 17.5 Å². The zero-order chi connectivity index (χ0) is 74.8. The van der Waals surface area contributed by atoms with Gasteiger partial charge in [0.1, 0.15) is 22.7 Å². The van der Waals surface area contributed by atoms with Gasteiger partial charge >= 0.3 is 0 Å². The van der Waals surface area contributed by atoms with Crippen LogP contribution in [0.5, 0.6) is 0 Å². The molecule has 0 atom stereocenters. The van der Waals surface area contributed by atoms with E-state index in [0.29, 0.717) is 0 Å². The summed E-state index contributed by atoms with van der Waals surface area (Å²) in [5.41, 5.74) is 30.8. The highest BCUT2D eigenvalue weighted by atomic mass is 16.3. The Labute approximate surface area is 644 Å². The van der Waals surface area contributed by atoms with Gasteiger partial charge in [-0.05, 0) is 255 Å². The van der Waals surface area contributed by atoms with Crippen molar-refractivity contribution in [3.8, 4) is 22.6 Å². The van der Waals surface area contributed by atoms with Crippen LogP contribution in [-0.4, -0.2) is 6.71 Å². The quantitative estimate of drug-likeness (QED) is 0.107. The number of nitrogens with zero attached hydrogens (tertiary/aromatic N) is 5. The lowest BCUT2D eigenvalue weighted by atomic mass is 9.33. The van der Waals surface area contributed by atoms with Crippen molar-refractivity contribution >= 4 is 152 Å². The lowest BCUT2D eigenvalue weighted by molar-refractivity contribution is 0.590. The van der Waals surface area contributed by atoms with Gasteiger partial charge in [-0.3, -0.25) is 0 Å². The highest BCUT2D eigenvalue weighted by Crippen LogP contribution is 2.53. The standard InChI is InChI=1S/C102H84BN5O2/c1-65-23-21-24-66(2)99(65)107-90-61-85(105(79-29-13-11-14-30-79)83-45-39-69-55-75(37-35-71(69)57-83)96-59-73-27-17-19-33-94(73)109-96)51-53-88(90)103-89-54-52-86(106(80-31-15-12-16-32-80)84-46-40-70-56-76(38-36-72(70)58-84)97-60-74-28-18-20-34-95(74)110-97)62-91(89)108(100-67(3)25-22-26-68(100)4)93-64-87(63-92(107)98(93)103)104(81-47-41-77(42-48-81)101(5,6)7)82-49-43-78(44-50-82)102(8,9)10/h11-64H,1-10H3.